The molecule has 0 radical (unpaired) electrons. The van der Waals surface area contributed by atoms with Crippen LogP contribution in [0.15, 0.2) is 42.1 Å². The molecule has 1 N–H and O–H groups in total. The summed E-state index contributed by atoms with van der Waals surface area (Å²) in [5.74, 6) is -0.751. The van der Waals surface area contributed by atoms with Crippen LogP contribution in [0, 0.1) is 0 Å². The molecule has 0 saturated heterocycles. The third-order valence-corrected chi connectivity index (χ3v) is 6.81. The SMILES string of the molecule is C=C(CCC(=O)O)[Si](C)(C)c1ccccc1. The summed E-state index contributed by atoms with van der Waals surface area (Å²) in [6, 6.07) is 10.3. The summed E-state index contributed by atoms with van der Waals surface area (Å²) >= 11 is 0. The molecule has 2 nitrogen and oxygen atoms in total. The van der Waals surface area contributed by atoms with Gasteiger partial charge in [0.25, 0.3) is 0 Å². The predicted octanol–water partition coefficient (Wildman–Crippen LogP) is 2.56. The van der Waals surface area contributed by atoms with E-state index in [2.05, 4.69) is 31.8 Å². The van der Waals surface area contributed by atoms with Crippen LogP contribution >= 0.6 is 0 Å². The second-order valence-electron chi connectivity index (χ2n) is 4.49. The molecule has 1 aromatic rings. The molecule has 0 spiro atoms. The van der Waals surface area contributed by atoms with E-state index >= 15 is 0 Å². The number of aliphatic carboxylic acids is 1. The van der Waals surface area contributed by atoms with Crippen molar-refractivity contribution in [1.82, 2.24) is 0 Å². The van der Waals surface area contributed by atoms with Gasteiger partial charge >= 0.3 is 5.97 Å². The highest BCUT2D eigenvalue weighted by atomic mass is 28.3. The number of hydrogen-bond acceptors (Lipinski definition) is 1. The topological polar surface area (TPSA) is 37.3 Å². The van der Waals surface area contributed by atoms with Crippen molar-refractivity contribution in [3.63, 3.8) is 0 Å². The molecule has 0 saturated carbocycles. The lowest BCUT2D eigenvalue weighted by molar-refractivity contribution is -0.136. The van der Waals surface area contributed by atoms with E-state index < -0.39 is 14.0 Å². The lowest BCUT2D eigenvalue weighted by atomic mass is 10.3. The molecule has 0 fully saturated rings. The van der Waals surface area contributed by atoms with Gasteiger partial charge in [-0.25, -0.2) is 0 Å². The normalized spacial score (nSPS) is 11.1. The highest BCUT2D eigenvalue weighted by Gasteiger charge is 2.26. The molecule has 0 atom stereocenters. The third kappa shape index (κ3) is 3.07. The van der Waals surface area contributed by atoms with Crippen molar-refractivity contribution < 1.29 is 9.90 Å². The second-order valence-corrected chi connectivity index (χ2v) is 9.02. The quantitative estimate of drug-likeness (QED) is 0.795. The van der Waals surface area contributed by atoms with Crippen LogP contribution in [-0.2, 0) is 4.79 Å². The Morgan fingerprint density at radius 1 is 1.25 bits per heavy atom. The van der Waals surface area contributed by atoms with E-state index in [1.54, 1.807) is 0 Å². The van der Waals surface area contributed by atoms with Crippen LogP contribution in [0.2, 0.25) is 13.1 Å². The highest BCUT2D eigenvalue weighted by Crippen LogP contribution is 2.18. The first-order valence-corrected chi connectivity index (χ1v) is 8.40. The van der Waals surface area contributed by atoms with Crippen molar-refractivity contribution in [1.29, 1.82) is 0 Å². The van der Waals surface area contributed by atoms with Gasteiger partial charge in [-0.3, -0.25) is 4.79 Å². The van der Waals surface area contributed by atoms with E-state index in [1.807, 2.05) is 18.2 Å². The molecule has 16 heavy (non-hydrogen) atoms. The maximum atomic E-state index is 10.5. The number of benzene rings is 1. The Morgan fingerprint density at radius 2 is 1.81 bits per heavy atom. The molecule has 0 aliphatic carbocycles. The fourth-order valence-corrected chi connectivity index (χ4v) is 3.81. The highest BCUT2D eigenvalue weighted by molar-refractivity contribution is 6.95. The van der Waals surface area contributed by atoms with Gasteiger partial charge in [0.15, 0.2) is 0 Å². The first-order valence-electron chi connectivity index (χ1n) is 5.40. The van der Waals surface area contributed by atoms with E-state index in [-0.39, 0.29) is 6.42 Å². The summed E-state index contributed by atoms with van der Waals surface area (Å²) in [6.07, 6.45) is 0.769. The zero-order valence-corrected chi connectivity index (χ0v) is 10.9. The van der Waals surface area contributed by atoms with Gasteiger partial charge in [0.1, 0.15) is 8.07 Å². The minimum atomic E-state index is -1.71. The Labute approximate surface area is 97.6 Å². The number of carboxylic acids is 1. The summed E-state index contributed by atoms with van der Waals surface area (Å²) in [5.41, 5.74) is 0. The molecule has 1 aromatic carbocycles. The van der Waals surface area contributed by atoms with Gasteiger partial charge in [0.2, 0.25) is 0 Å². The van der Waals surface area contributed by atoms with Gasteiger partial charge in [0.05, 0.1) is 0 Å². The fourth-order valence-electron chi connectivity index (χ4n) is 1.63. The van der Waals surface area contributed by atoms with E-state index in [0.717, 1.165) is 5.20 Å². The van der Waals surface area contributed by atoms with Crippen molar-refractivity contribution in [2.24, 2.45) is 0 Å². The van der Waals surface area contributed by atoms with Gasteiger partial charge in [0, 0.05) is 6.42 Å². The summed E-state index contributed by atoms with van der Waals surface area (Å²) in [4.78, 5) is 10.5. The standard InChI is InChI=1S/C13H18O2Si/c1-11(9-10-13(14)15)16(2,3)12-7-5-4-6-8-12/h4-8H,1,9-10H2,2-3H3,(H,14,15). The van der Waals surface area contributed by atoms with Gasteiger partial charge in [-0.2, -0.15) is 0 Å². The van der Waals surface area contributed by atoms with Crippen LogP contribution in [0.4, 0.5) is 0 Å². The van der Waals surface area contributed by atoms with Crippen LogP contribution in [0.25, 0.3) is 0 Å². The van der Waals surface area contributed by atoms with Gasteiger partial charge < -0.3 is 5.11 Å². The maximum Gasteiger partial charge on any atom is 0.303 e. The summed E-state index contributed by atoms with van der Waals surface area (Å²) in [6.45, 7) is 8.50. The molecule has 1 rings (SSSR count). The average molecular weight is 234 g/mol. The first kappa shape index (κ1) is 12.7. The van der Waals surface area contributed by atoms with Crippen LogP contribution in [0.3, 0.4) is 0 Å². The second kappa shape index (κ2) is 5.12. The molecule has 0 aromatic heterocycles. The molecular weight excluding hydrogens is 216 g/mol. The molecule has 86 valence electrons. The van der Waals surface area contributed by atoms with Crippen LogP contribution in [0.5, 0.6) is 0 Å². The Bertz CT molecular complexity index is 382. The first-order chi connectivity index (χ1) is 7.44. The lowest BCUT2D eigenvalue weighted by Crippen LogP contribution is -2.43. The maximum absolute atomic E-state index is 10.5. The van der Waals surface area contributed by atoms with Gasteiger partial charge in [-0.15, -0.1) is 6.58 Å². The van der Waals surface area contributed by atoms with Crippen LogP contribution in [0.1, 0.15) is 12.8 Å². The number of hydrogen-bond donors (Lipinski definition) is 1. The van der Waals surface area contributed by atoms with E-state index in [4.69, 9.17) is 5.11 Å². The Balaban J connectivity index is 2.78. The van der Waals surface area contributed by atoms with E-state index in [1.165, 1.54) is 5.19 Å². The van der Waals surface area contributed by atoms with Crippen molar-refractivity contribution >= 4 is 19.2 Å². The molecular formula is C13H18O2Si. The number of carbonyl (C=O) groups is 1. The largest absolute Gasteiger partial charge is 0.481 e. The van der Waals surface area contributed by atoms with Crippen molar-refractivity contribution in [2.45, 2.75) is 25.9 Å². The van der Waals surface area contributed by atoms with Crippen molar-refractivity contribution in [3.05, 3.63) is 42.1 Å². The molecule has 0 aliphatic heterocycles. The van der Waals surface area contributed by atoms with Crippen LogP contribution in [-0.4, -0.2) is 19.1 Å². The molecule has 3 heteroatoms. The summed E-state index contributed by atoms with van der Waals surface area (Å²) in [5, 5.41) is 11.1. The summed E-state index contributed by atoms with van der Waals surface area (Å²) in [7, 11) is -1.71. The molecule has 0 heterocycles. The van der Waals surface area contributed by atoms with Gasteiger partial charge in [-0.05, 0) is 6.42 Å². The number of rotatable bonds is 5. The Kier molecular flexibility index (Phi) is 4.07. The minimum Gasteiger partial charge on any atom is -0.481 e. The number of allylic oxidation sites excluding steroid dienone is 1. The van der Waals surface area contributed by atoms with Crippen molar-refractivity contribution in [2.75, 3.05) is 0 Å². The fraction of sp³-hybridized carbons (Fsp3) is 0.308. The number of carboxylic acid groups (broad SMARTS) is 1. The average Bonchev–Trinajstić information content (AvgIpc) is 2.27. The van der Waals surface area contributed by atoms with E-state index in [9.17, 15) is 4.79 Å². The summed E-state index contributed by atoms with van der Waals surface area (Å²) < 4.78 is 0. The Morgan fingerprint density at radius 3 is 2.31 bits per heavy atom. The molecule has 0 aliphatic rings. The zero-order valence-electron chi connectivity index (χ0n) is 9.86. The lowest BCUT2D eigenvalue weighted by Gasteiger charge is -2.25. The third-order valence-electron chi connectivity index (χ3n) is 3.02. The van der Waals surface area contributed by atoms with Crippen LogP contribution < -0.4 is 5.19 Å². The van der Waals surface area contributed by atoms with Gasteiger partial charge in [-0.1, -0.05) is 53.8 Å². The van der Waals surface area contributed by atoms with Crippen molar-refractivity contribution in [3.8, 4) is 0 Å². The molecule has 0 bridgehead atoms. The molecule has 0 amide bonds. The van der Waals surface area contributed by atoms with E-state index in [0.29, 0.717) is 6.42 Å². The zero-order chi connectivity index (χ0) is 12.2. The monoisotopic (exact) mass is 234 g/mol. The Hall–Kier alpha value is -1.35. The molecule has 0 unspecified atom stereocenters. The predicted molar refractivity (Wildman–Crippen MR) is 69.6 cm³/mol. The smallest absolute Gasteiger partial charge is 0.303 e. The minimum absolute atomic E-state index is 0.183.